The Kier molecular flexibility index (Phi) is 5.94. The number of amides is 1. The van der Waals surface area contributed by atoms with Gasteiger partial charge in [-0.15, -0.1) is 0 Å². The van der Waals surface area contributed by atoms with Crippen molar-refractivity contribution in [3.63, 3.8) is 0 Å². The van der Waals surface area contributed by atoms with Crippen molar-refractivity contribution < 1.29 is 22.7 Å². The van der Waals surface area contributed by atoms with Crippen LogP contribution in [0.1, 0.15) is 31.4 Å². The summed E-state index contributed by atoms with van der Waals surface area (Å²) in [7, 11) is 0. The zero-order valence-corrected chi connectivity index (χ0v) is 14.7. The largest absolute Gasteiger partial charge is 0.495 e. The topological polar surface area (TPSA) is 29.5 Å². The van der Waals surface area contributed by atoms with Gasteiger partial charge in [0.25, 0.3) is 0 Å². The predicted octanol–water partition coefficient (Wildman–Crippen LogP) is 4.59. The number of benzene rings is 1. The summed E-state index contributed by atoms with van der Waals surface area (Å²) in [6.45, 7) is 1.51. The van der Waals surface area contributed by atoms with Gasteiger partial charge in [-0.05, 0) is 47.9 Å². The summed E-state index contributed by atoms with van der Waals surface area (Å²) in [6, 6.07) is 8.01. The molecule has 1 amide bonds. The molecule has 2 unspecified atom stereocenters. The summed E-state index contributed by atoms with van der Waals surface area (Å²) in [5.74, 6) is -1.83. The molecule has 1 aromatic rings. The molecule has 3 nitrogen and oxygen atoms in total. The first-order valence-electron chi connectivity index (χ1n) is 7.21. The van der Waals surface area contributed by atoms with E-state index in [1.165, 1.54) is 0 Å². The molecule has 1 heterocycles. The number of nitrogens with zero attached hydrogens (tertiary/aromatic N) is 1. The van der Waals surface area contributed by atoms with Crippen LogP contribution in [-0.2, 0) is 9.53 Å². The maximum atomic E-state index is 12.9. The summed E-state index contributed by atoms with van der Waals surface area (Å²) < 4.78 is 45.3. The highest BCUT2D eigenvalue weighted by molar-refractivity contribution is 14.1. The number of halogens is 4. The fraction of sp³-hybridized carbons (Fsp3) is 0.438. The van der Waals surface area contributed by atoms with E-state index in [1.54, 1.807) is 43.5 Å². The average molecular weight is 439 g/mol. The Morgan fingerprint density at radius 1 is 1.39 bits per heavy atom. The Bertz CT molecular complexity index is 574. The van der Waals surface area contributed by atoms with Crippen LogP contribution in [0, 0.1) is 0 Å². The maximum absolute atomic E-state index is 12.9. The minimum absolute atomic E-state index is 0.0885. The smallest absolute Gasteiger partial charge is 0.471 e. The van der Waals surface area contributed by atoms with Crippen molar-refractivity contribution in [2.24, 2.45) is 0 Å². The van der Waals surface area contributed by atoms with Crippen LogP contribution in [0.15, 0.2) is 40.2 Å². The van der Waals surface area contributed by atoms with Crippen molar-refractivity contribution in [3.05, 3.63) is 45.7 Å². The van der Waals surface area contributed by atoms with Gasteiger partial charge in [-0.25, -0.2) is 0 Å². The molecule has 2 rings (SSSR count). The van der Waals surface area contributed by atoms with Gasteiger partial charge in [0.05, 0.1) is 18.8 Å². The minimum atomic E-state index is -4.90. The number of carbonyl (C=O) groups is 1. The SMILES string of the molecule is CC(c1ccccc1)N(CC1CCC(I)=CO1)C(=O)C(F)(F)F. The van der Waals surface area contributed by atoms with Crippen molar-refractivity contribution in [1.29, 1.82) is 0 Å². The van der Waals surface area contributed by atoms with E-state index < -0.39 is 24.2 Å². The number of rotatable bonds is 4. The molecule has 0 spiro atoms. The quantitative estimate of drug-likeness (QED) is 0.643. The molecule has 0 N–H and O–H groups in total. The number of carbonyl (C=O) groups excluding carboxylic acids is 1. The van der Waals surface area contributed by atoms with Crippen molar-refractivity contribution in [1.82, 2.24) is 4.90 Å². The molecule has 0 aliphatic carbocycles. The van der Waals surface area contributed by atoms with Crippen LogP contribution in [0.2, 0.25) is 0 Å². The number of alkyl halides is 3. The Morgan fingerprint density at radius 2 is 2.04 bits per heavy atom. The second-order valence-electron chi connectivity index (χ2n) is 5.40. The van der Waals surface area contributed by atoms with E-state index in [1.807, 2.05) is 0 Å². The van der Waals surface area contributed by atoms with Gasteiger partial charge in [0.1, 0.15) is 6.10 Å². The fourth-order valence-electron chi connectivity index (χ4n) is 2.44. The van der Waals surface area contributed by atoms with E-state index in [9.17, 15) is 18.0 Å². The first kappa shape index (κ1) is 18.1. The first-order valence-corrected chi connectivity index (χ1v) is 8.29. The van der Waals surface area contributed by atoms with Crippen LogP contribution in [-0.4, -0.2) is 29.6 Å². The standard InChI is InChI=1S/C16H17F3INO2/c1-11(12-5-3-2-4-6-12)21(15(22)16(17,18)19)9-14-8-7-13(20)10-23-14/h2-6,10-11,14H,7-9H2,1H3. The predicted molar refractivity (Wildman–Crippen MR) is 88.8 cm³/mol. The van der Waals surface area contributed by atoms with Crippen LogP contribution in [0.5, 0.6) is 0 Å². The van der Waals surface area contributed by atoms with Crippen LogP contribution < -0.4 is 0 Å². The molecule has 0 saturated carbocycles. The molecule has 23 heavy (non-hydrogen) atoms. The highest BCUT2D eigenvalue weighted by Gasteiger charge is 2.44. The Morgan fingerprint density at radius 3 is 2.57 bits per heavy atom. The molecule has 1 aliphatic rings. The van der Waals surface area contributed by atoms with Gasteiger partial charge < -0.3 is 9.64 Å². The number of hydrogen-bond donors (Lipinski definition) is 0. The van der Waals surface area contributed by atoms with Crippen molar-refractivity contribution in [3.8, 4) is 0 Å². The van der Waals surface area contributed by atoms with Crippen LogP contribution in [0.3, 0.4) is 0 Å². The van der Waals surface area contributed by atoms with Gasteiger partial charge in [-0.1, -0.05) is 30.3 Å². The van der Waals surface area contributed by atoms with E-state index in [4.69, 9.17) is 4.74 Å². The summed E-state index contributed by atoms with van der Waals surface area (Å²) in [5.41, 5.74) is 0.658. The van der Waals surface area contributed by atoms with Crippen LogP contribution >= 0.6 is 22.6 Å². The molecule has 7 heteroatoms. The molecule has 0 saturated heterocycles. The number of hydrogen-bond acceptors (Lipinski definition) is 2. The molecule has 1 aliphatic heterocycles. The van der Waals surface area contributed by atoms with E-state index in [0.717, 1.165) is 14.9 Å². The van der Waals surface area contributed by atoms with Crippen molar-refractivity contribution >= 4 is 28.5 Å². The highest BCUT2D eigenvalue weighted by Crippen LogP contribution is 2.29. The third-order valence-corrected chi connectivity index (χ3v) is 4.54. The first-order chi connectivity index (χ1) is 10.8. The lowest BCUT2D eigenvalue weighted by Gasteiger charge is -2.34. The summed E-state index contributed by atoms with van der Waals surface area (Å²) in [4.78, 5) is 12.7. The number of ether oxygens (including phenoxy) is 1. The molecular formula is C16H17F3INO2. The van der Waals surface area contributed by atoms with Gasteiger partial charge in [-0.2, -0.15) is 13.2 Å². The lowest BCUT2D eigenvalue weighted by Crippen LogP contribution is -2.46. The maximum Gasteiger partial charge on any atom is 0.471 e. The third-order valence-electron chi connectivity index (χ3n) is 3.75. The lowest BCUT2D eigenvalue weighted by atomic mass is 10.0. The molecule has 0 fully saturated rings. The van der Waals surface area contributed by atoms with Gasteiger partial charge in [0.15, 0.2) is 0 Å². The fourth-order valence-corrected chi connectivity index (χ4v) is 2.90. The Balaban J connectivity index is 2.20. The summed E-state index contributed by atoms with van der Waals surface area (Å²) in [5, 5.41) is 0. The zero-order valence-electron chi connectivity index (χ0n) is 12.5. The lowest BCUT2D eigenvalue weighted by molar-refractivity contribution is -0.189. The average Bonchev–Trinajstić information content (AvgIpc) is 2.53. The monoisotopic (exact) mass is 439 g/mol. The van der Waals surface area contributed by atoms with Gasteiger partial charge in [0.2, 0.25) is 0 Å². The van der Waals surface area contributed by atoms with Gasteiger partial charge in [-0.3, -0.25) is 4.79 Å². The summed E-state index contributed by atoms with van der Waals surface area (Å²) >= 11 is 2.12. The molecule has 1 aromatic carbocycles. The minimum Gasteiger partial charge on any atom is -0.495 e. The molecular weight excluding hydrogens is 422 g/mol. The second kappa shape index (κ2) is 7.55. The van der Waals surface area contributed by atoms with E-state index >= 15 is 0 Å². The van der Waals surface area contributed by atoms with E-state index in [0.29, 0.717) is 12.0 Å². The van der Waals surface area contributed by atoms with Gasteiger partial charge in [0, 0.05) is 3.58 Å². The summed E-state index contributed by atoms with van der Waals surface area (Å²) in [6.07, 6.45) is -2.43. The molecule has 0 radical (unpaired) electrons. The molecule has 126 valence electrons. The molecule has 0 bridgehead atoms. The zero-order chi connectivity index (χ0) is 17.0. The highest BCUT2D eigenvalue weighted by atomic mass is 127. The third kappa shape index (κ3) is 4.86. The number of allylic oxidation sites excluding steroid dienone is 1. The second-order valence-corrected chi connectivity index (χ2v) is 6.79. The Hall–Kier alpha value is -1.25. The van der Waals surface area contributed by atoms with E-state index in [2.05, 4.69) is 22.6 Å². The van der Waals surface area contributed by atoms with Crippen molar-refractivity contribution in [2.45, 2.75) is 38.1 Å². The van der Waals surface area contributed by atoms with Gasteiger partial charge >= 0.3 is 12.1 Å². The van der Waals surface area contributed by atoms with E-state index in [-0.39, 0.29) is 6.54 Å². The van der Waals surface area contributed by atoms with Crippen LogP contribution in [0.4, 0.5) is 13.2 Å². The Labute approximate surface area is 146 Å². The van der Waals surface area contributed by atoms with Crippen LogP contribution in [0.25, 0.3) is 0 Å². The van der Waals surface area contributed by atoms with Crippen molar-refractivity contribution in [2.75, 3.05) is 6.54 Å². The molecule has 0 aromatic heterocycles. The molecule has 2 atom stereocenters. The normalized spacial score (nSPS) is 19.5.